The molecule has 0 radical (unpaired) electrons. The minimum atomic E-state index is 0.536. The molecule has 0 unspecified atom stereocenters. The molecule has 0 aromatic carbocycles. The van der Waals surface area contributed by atoms with Crippen LogP contribution in [-0.2, 0) is 4.74 Å². The number of nitrogens with one attached hydrogen (secondary N) is 1. The van der Waals surface area contributed by atoms with Gasteiger partial charge in [-0.15, -0.1) is 0 Å². The number of nitrogens with zero attached hydrogens (tertiary/aromatic N) is 1. The van der Waals surface area contributed by atoms with Crippen molar-refractivity contribution >= 4 is 5.82 Å². The molecule has 0 bridgehead atoms. The first-order valence-electron chi connectivity index (χ1n) is 5.00. The maximum absolute atomic E-state index is 5.43. The smallest absolute Gasteiger partial charge is 0.143 e. The second-order valence-electron chi connectivity index (χ2n) is 2.98. The molecule has 1 aromatic heterocycles. The average Bonchev–Trinajstić information content (AvgIpc) is 2.29. The van der Waals surface area contributed by atoms with E-state index in [-0.39, 0.29) is 0 Å². The zero-order valence-electron chi connectivity index (χ0n) is 8.90. The van der Waals surface area contributed by atoms with Gasteiger partial charge in [-0.1, -0.05) is 6.92 Å². The first-order valence-corrected chi connectivity index (χ1v) is 5.00. The number of pyridine rings is 1. The molecule has 0 saturated heterocycles. The molecule has 0 saturated carbocycles. The molecule has 0 amide bonds. The van der Waals surface area contributed by atoms with E-state index in [1.807, 2.05) is 0 Å². The standard InChI is InChI=1S/C10H17N3O2/c1-2-5-14-6-7-15-9-3-4-12-10(8-9)13-11/h3-4,8H,2,5-7,11H2,1H3,(H,12,13). The normalized spacial score (nSPS) is 10.0. The van der Waals surface area contributed by atoms with E-state index in [1.54, 1.807) is 18.3 Å². The van der Waals surface area contributed by atoms with Gasteiger partial charge in [0.25, 0.3) is 0 Å². The lowest BCUT2D eigenvalue weighted by Gasteiger charge is -2.07. The van der Waals surface area contributed by atoms with Gasteiger partial charge in [0, 0.05) is 18.9 Å². The highest BCUT2D eigenvalue weighted by atomic mass is 16.5. The summed E-state index contributed by atoms with van der Waals surface area (Å²) in [4.78, 5) is 3.97. The minimum Gasteiger partial charge on any atom is -0.491 e. The number of hydrogen-bond donors (Lipinski definition) is 2. The maximum atomic E-state index is 5.43. The Morgan fingerprint density at radius 1 is 1.40 bits per heavy atom. The SMILES string of the molecule is CCCOCCOc1ccnc(NN)c1. The summed E-state index contributed by atoms with van der Waals surface area (Å²) in [6.45, 7) is 3.98. The lowest BCUT2D eigenvalue weighted by Crippen LogP contribution is -2.10. The van der Waals surface area contributed by atoms with Crippen LogP contribution < -0.4 is 16.0 Å². The minimum absolute atomic E-state index is 0.536. The molecule has 1 aromatic rings. The predicted octanol–water partition coefficient (Wildman–Crippen LogP) is 1.17. The van der Waals surface area contributed by atoms with Crippen molar-refractivity contribution in [3.8, 4) is 5.75 Å². The molecule has 0 atom stereocenters. The molecule has 0 aliphatic heterocycles. The Bertz CT molecular complexity index is 281. The maximum Gasteiger partial charge on any atom is 0.143 e. The van der Waals surface area contributed by atoms with Crippen LogP contribution in [0.5, 0.6) is 5.75 Å². The first-order chi connectivity index (χ1) is 7.36. The third-order valence-electron chi connectivity index (χ3n) is 1.72. The van der Waals surface area contributed by atoms with Crippen LogP contribution in [0.25, 0.3) is 0 Å². The summed E-state index contributed by atoms with van der Waals surface area (Å²) in [5, 5.41) is 0. The van der Waals surface area contributed by atoms with E-state index in [4.69, 9.17) is 15.3 Å². The summed E-state index contributed by atoms with van der Waals surface area (Å²) in [7, 11) is 0. The number of rotatable bonds is 7. The Morgan fingerprint density at radius 3 is 3.00 bits per heavy atom. The van der Waals surface area contributed by atoms with Gasteiger partial charge in [0.15, 0.2) is 0 Å². The van der Waals surface area contributed by atoms with Crippen molar-refractivity contribution in [1.82, 2.24) is 4.98 Å². The molecular weight excluding hydrogens is 194 g/mol. The van der Waals surface area contributed by atoms with Crippen molar-refractivity contribution in [1.29, 1.82) is 0 Å². The molecule has 0 fully saturated rings. The largest absolute Gasteiger partial charge is 0.491 e. The molecule has 5 heteroatoms. The van der Waals surface area contributed by atoms with Gasteiger partial charge in [0.05, 0.1) is 6.61 Å². The van der Waals surface area contributed by atoms with Crippen molar-refractivity contribution in [2.24, 2.45) is 5.84 Å². The van der Waals surface area contributed by atoms with E-state index in [9.17, 15) is 0 Å². The molecule has 0 spiro atoms. The summed E-state index contributed by atoms with van der Waals surface area (Å²) in [6, 6.07) is 3.51. The molecule has 0 aliphatic rings. The Balaban J connectivity index is 2.24. The summed E-state index contributed by atoms with van der Waals surface area (Å²) < 4.78 is 10.7. The van der Waals surface area contributed by atoms with E-state index >= 15 is 0 Å². The summed E-state index contributed by atoms with van der Waals surface area (Å²) in [5.41, 5.74) is 2.46. The molecular formula is C10H17N3O2. The van der Waals surface area contributed by atoms with Crippen molar-refractivity contribution in [3.63, 3.8) is 0 Å². The van der Waals surface area contributed by atoms with E-state index in [2.05, 4.69) is 17.3 Å². The summed E-state index contributed by atoms with van der Waals surface area (Å²) in [5.74, 6) is 6.54. The fraction of sp³-hybridized carbons (Fsp3) is 0.500. The Hall–Kier alpha value is -1.33. The Kier molecular flexibility index (Phi) is 5.50. The Labute approximate surface area is 89.6 Å². The molecule has 5 nitrogen and oxygen atoms in total. The Morgan fingerprint density at radius 2 is 2.27 bits per heavy atom. The van der Waals surface area contributed by atoms with E-state index in [0.29, 0.717) is 19.0 Å². The number of aromatic nitrogens is 1. The molecule has 1 rings (SSSR count). The number of nitrogen functional groups attached to an aromatic ring is 1. The van der Waals surface area contributed by atoms with Crippen molar-refractivity contribution < 1.29 is 9.47 Å². The zero-order valence-corrected chi connectivity index (χ0v) is 8.90. The molecule has 1 heterocycles. The number of ether oxygens (including phenoxy) is 2. The highest BCUT2D eigenvalue weighted by Crippen LogP contribution is 2.13. The van der Waals surface area contributed by atoms with Crippen LogP contribution >= 0.6 is 0 Å². The lowest BCUT2D eigenvalue weighted by atomic mass is 10.4. The van der Waals surface area contributed by atoms with E-state index in [1.165, 1.54) is 0 Å². The van der Waals surface area contributed by atoms with Gasteiger partial charge in [-0.2, -0.15) is 0 Å². The molecule has 3 N–H and O–H groups in total. The van der Waals surface area contributed by atoms with Crippen LogP contribution in [0.3, 0.4) is 0 Å². The fourth-order valence-corrected chi connectivity index (χ4v) is 1.04. The predicted molar refractivity (Wildman–Crippen MR) is 58.7 cm³/mol. The summed E-state index contributed by atoms with van der Waals surface area (Å²) in [6.07, 6.45) is 2.66. The van der Waals surface area contributed by atoms with E-state index < -0.39 is 0 Å². The van der Waals surface area contributed by atoms with Crippen LogP contribution in [0.2, 0.25) is 0 Å². The number of hydrazine groups is 1. The van der Waals surface area contributed by atoms with Gasteiger partial charge in [-0.05, 0) is 12.5 Å². The van der Waals surface area contributed by atoms with Gasteiger partial charge in [-0.3, -0.25) is 0 Å². The summed E-state index contributed by atoms with van der Waals surface area (Å²) >= 11 is 0. The highest BCUT2D eigenvalue weighted by molar-refractivity contribution is 5.39. The lowest BCUT2D eigenvalue weighted by molar-refractivity contribution is 0.101. The van der Waals surface area contributed by atoms with Crippen LogP contribution in [0, 0.1) is 0 Å². The van der Waals surface area contributed by atoms with Gasteiger partial charge >= 0.3 is 0 Å². The average molecular weight is 211 g/mol. The second kappa shape index (κ2) is 7.03. The second-order valence-corrected chi connectivity index (χ2v) is 2.98. The quantitative estimate of drug-likeness (QED) is 0.402. The van der Waals surface area contributed by atoms with Crippen LogP contribution in [0.4, 0.5) is 5.82 Å². The van der Waals surface area contributed by atoms with Crippen LogP contribution in [0.1, 0.15) is 13.3 Å². The number of nitrogens with two attached hydrogens (primary N) is 1. The van der Waals surface area contributed by atoms with Gasteiger partial charge in [0.1, 0.15) is 18.2 Å². The van der Waals surface area contributed by atoms with Crippen LogP contribution in [-0.4, -0.2) is 24.8 Å². The topological polar surface area (TPSA) is 69.4 Å². The van der Waals surface area contributed by atoms with Gasteiger partial charge in [0.2, 0.25) is 0 Å². The fourth-order valence-electron chi connectivity index (χ4n) is 1.04. The third kappa shape index (κ3) is 4.62. The van der Waals surface area contributed by atoms with Crippen LogP contribution in [0.15, 0.2) is 18.3 Å². The molecule has 0 aliphatic carbocycles. The van der Waals surface area contributed by atoms with Gasteiger partial charge < -0.3 is 14.9 Å². The first kappa shape index (κ1) is 11.7. The molecule has 15 heavy (non-hydrogen) atoms. The number of anilines is 1. The molecule has 84 valence electrons. The zero-order chi connectivity index (χ0) is 10.9. The monoisotopic (exact) mass is 211 g/mol. The van der Waals surface area contributed by atoms with Crippen molar-refractivity contribution in [2.75, 3.05) is 25.2 Å². The van der Waals surface area contributed by atoms with Gasteiger partial charge in [-0.25, -0.2) is 10.8 Å². The van der Waals surface area contributed by atoms with Crippen molar-refractivity contribution in [3.05, 3.63) is 18.3 Å². The number of hydrogen-bond acceptors (Lipinski definition) is 5. The van der Waals surface area contributed by atoms with E-state index in [0.717, 1.165) is 18.8 Å². The highest BCUT2D eigenvalue weighted by Gasteiger charge is 1.96. The van der Waals surface area contributed by atoms with Crippen molar-refractivity contribution in [2.45, 2.75) is 13.3 Å². The third-order valence-corrected chi connectivity index (χ3v) is 1.72.